The van der Waals surface area contributed by atoms with Crippen molar-refractivity contribution in [2.75, 3.05) is 7.05 Å². The average Bonchev–Trinajstić information content (AvgIpc) is 2.78. The Bertz CT molecular complexity index is 427. The Morgan fingerprint density at radius 2 is 2.20 bits per heavy atom. The molecule has 5 nitrogen and oxygen atoms in total. The monoisotopic (exact) mass is 221 g/mol. The van der Waals surface area contributed by atoms with E-state index in [0.717, 1.165) is 15.7 Å². The van der Waals surface area contributed by atoms with Gasteiger partial charge in [-0.25, -0.2) is 0 Å². The summed E-state index contributed by atoms with van der Waals surface area (Å²) in [4.78, 5) is 8.17. The molecule has 0 amide bonds. The molecule has 0 aliphatic carbocycles. The van der Waals surface area contributed by atoms with Gasteiger partial charge >= 0.3 is 0 Å². The summed E-state index contributed by atoms with van der Waals surface area (Å²) in [6, 6.07) is 0.216. The van der Waals surface area contributed by atoms with Gasteiger partial charge < -0.3 is 5.32 Å². The third kappa shape index (κ3) is 2.16. The standard InChI is InChI=1S/C9H11N5S/c1-6(10-2)8-13-14-9(15-8)7-5-11-3-4-12-7/h3-6,10H,1-2H3. The van der Waals surface area contributed by atoms with Crippen molar-refractivity contribution >= 4 is 11.3 Å². The topological polar surface area (TPSA) is 63.6 Å². The summed E-state index contributed by atoms with van der Waals surface area (Å²) in [6.07, 6.45) is 4.98. The Labute approximate surface area is 91.6 Å². The molecule has 78 valence electrons. The van der Waals surface area contributed by atoms with Crippen molar-refractivity contribution in [2.45, 2.75) is 13.0 Å². The minimum Gasteiger partial charge on any atom is -0.311 e. The van der Waals surface area contributed by atoms with Gasteiger partial charge in [-0.3, -0.25) is 9.97 Å². The molecular formula is C9H11N5S. The van der Waals surface area contributed by atoms with Crippen LogP contribution in [-0.4, -0.2) is 27.2 Å². The summed E-state index contributed by atoms with van der Waals surface area (Å²) in [6.45, 7) is 2.04. The number of nitrogens with zero attached hydrogens (tertiary/aromatic N) is 4. The number of rotatable bonds is 3. The maximum atomic E-state index is 4.17. The normalized spacial score (nSPS) is 12.7. The fourth-order valence-corrected chi connectivity index (χ4v) is 1.91. The van der Waals surface area contributed by atoms with E-state index in [4.69, 9.17) is 0 Å². The Balaban J connectivity index is 2.28. The van der Waals surface area contributed by atoms with Crippen LogP contribution in [0.4, 0.5) is 0 Å². The molecule has 1 atom stereocenters. The second kappa shape index (κ2) is 4.41. The van der Waals surface area contributed by atoms with E-state index >= 15 is 0 Å². The fraction of sp³-hybridized carbons (Fsp3) is 0.333. The zero-order valence-electron chi connectivity index (χ0n) is 8.51. The van der Waals surface area contributed by atoms with E-state index in [2.05, 4.69) is 25.5 Å². The van der Waals surface area contributed by atoms with Gasteiger partial charge in [0.15, 0.2) is 5.01 Å². The summed E-state index contributed by atoms with van der Waals surface area (Å²) in [5.41, 5.74) is 0.768. The van der Waals surface area contributed by atoms with Crippen LogP contribution in [0.15, 0.2) is 18.6 Å². The van der Waals surface area contributed by atoms with E-state index in [9.17, 15) is 0 Å². The van der Waals surface area contributed by atoms with Crippen LogP contribution in [0.2, 0.25) is 0 Å². The Morgan fingerprint density at radius 1 is 1.33 bits per heavy atom. The van der Waals surface area contributed by atoms with Crippen molar-refractivity contribution in [2.24, 2.45) is 0 Å². The Morgan fingerprint density at radius 3 is 2.87 bits per heavy atom. The minimum atomic E-state index is 0.216. The van der Waals surface area contributed by atoms with E-state index in [1.807, 2.05) is 14.0 Å². The maximum Gasteiger partial charge on any atom is 0.167 e. The summed E-state index contributed by atoms with van der Waals surface area (Å²) >= 11 is 1.53. The largest absolute Gasteiger partial charge is 0.311 e. The predicted molar refractivity (Wildman–Crippen MR) is 58.4 cm³/mol. The molecule has 2 aromatic heterocycles. The summed E-state index contributed by atoms with van der Waals surface area (Å²) in [5, 5.41) is 13.1. The van der Waals surface area contributed by atoms with Crippen LogP contribution in [0.5, 0.6) is 0 Å². The highest BCUT2D eigenvalue weighted by atomic mass is 32.1. The zero-order valence-corrected chi connectivity index (χ0v) is 9.32. The zero-order chi connectivity index (χ0) is 10.7. The van der Waals surface area contributed by atoms with Gasteiger partial charge in [-0.05, 0) is 14.0 Å². The first-order valence-electron chi connectivity index (χ1n) is 4.58. The molecule has 0 aliphatic heterocycles. The molecule has 0 saturated carbocycles. The van der Waals surface area contributed by atoms with Crippen LogP contribution < -0.4 is 5.32 Å². The molecule has 1 N–H and O–H groups in total. The second-order valence-corrected chi connectivity index (χ2v) is 4.06. The Hall–Kier alpha value is -1.40. The summed E-state index contributed by atoms with van der Waals surface area (Å²) < 4.78 is 0. The Kier molecular flexibility index (Phi) is 2.98. The highest BCUT2D eigenvalue weighted by Gasteiger charge is 2.11. The number of aromatic nitrogens is 4. The van der Waals surface area contributed by atoms with Gasteiger partial charge in [-0.2, -0.15) is 0 Å². The molecule has 0 radical (unpaired) electrons. The third-order valence-corrected chi connectivity index (χ3v) is 3.15. The van der Waals surface area contributed by atoms with Crippen LogP contribution in [-0.2, 0) is 0 Å². The molecule has 6 heteroatoms. The molecular weight excluding hydrogens is 210 g/mol. The smallest absolute Gasteiger partial charge is 0.167 e. The molecule has 1 unspecified atom stereocenters. The van der Waals surface area contributed by atoms with Gasteiger partial charge in [0.2, 0.25) is 0 Å². The van der Waals surface area contributed by atoms with Gasteiger partial charge in [-0.15, -0.1) is 10.2 Å². The maximum absolute atomic E-state index is 4.17. The quantitative estimate of drug-likeness (QED) is 0.845. The molecule has 0 fully saturated rings. The van der Waals surface area contributed by atoms with E-state index < -0.39 is 0 Å². The van der Waals surface area contributed by atoms with Gasteiger partial charge in [0, 0.05) is 12.4 Å². The highest BCUT2D eigenvalue weighted by molar-refractivity contribution is 7.14. The molecule has 2 heterocycles. The first-order chi connectivity index (χ1) is 7.31. The number of hydrogen-bond acceptors (Lipinski definition) is 6. The summed E-state index contributed by atoms with van der Waals surface area (Å²) in [5.74, 6) is 0. The molecule has 0 bridgehead atoms. The van der Waals surface area contributed by atoms with Gasteiger partial charge in [0.1, 0.15) is 10.7 Å². The van der Waals surface area contributed by atoms with E-state index in [-0.39, 0.29) is 6.04 Å². The lowest BCUT2D eigenvalue weighted by Crippen LogP contribution is -2.11. The van der Waals surface area contributed by atoms with Gasteiger partial charge in [-0.1, -0.05) is 11.3 Å². The lowest BCUT2D eigenvalue weighted by Gasteiger charge is -2.02. The van der Waals surface area contributed by atoms with Crippen LogP contribution >= 0.6 is 11.3 Å². The lowest BCUT2D eigenvalue weighted by molar-refractivity contribution is 0.640. The second-order valence-electron chi connectivity index (χ2n) is 3.05. The third-order valence-electron chi connectivity index (χ3n) is 2.03. The van der Waals surface area contributed by atoms with Crippen molar-refractivity contribution in [1.82, 2.24) is 25.5 Å². The average molecular weight is 221 g/mol. The van der Waals surface area contributed by atoms with Crippen molar-refractivity contribution in [3.05, 3.63) is 23.6 Å². The predicted octanol–water partition coefficient (Wildman–Crippen LogP) is 1.28. The first kappa shape index (κ1) is 10.1. The molecule has 0 saturated heterocycles. The minimum absolute atomic E-state index is 0.216. The first-order valence-corrected chi connectivity index (χ1v) is 5.40. The molecule has 0 spiro atoms. The van der Waals surface area contributed by atoms with Gasteiger partial charge in [0.05, 0.1) is 12.2 Å². The summed E-state index contributed by atoms with van der Waals surface area (Å²) in [7, 11) is 1.90. The molecule has 15 heavy (non-hydrogen) atoms. The molecule has 2 rings (SSSR count). The van der Waals surface area contributed by atoms with Crippen LogP contribution in [0.3, 0.4) is 0 Å². The SMILES string of the molecule is CNC(C)c1nnc(-c2cnccn2)s1. The lowest BCUT2D eigenvalue weighted by atomic mass is 10.4. The van der Waals surface area contributed by atoms with E-state index in [0.29, 0.717) is 0 Å². The van der Waals surface area contributed by atoms with E-state index in [1.54, 1.807) is 18.6 Å². The van der Waals surface area contributed by atoms with Crippen LogP contribution in [0.1, 0.15) is 18.0 Å². The van der Waals surface area contributed by atoms with Crippen LogP contribution in [0.25, 0.3) is 10.7 Å². The van der Waals surface area contributed by atoms with E-state index in [1.165, 1.54) is 11.3 Å². The fourth-order valence-electron chi connectivity index (χ4n) is 1.05. The van der Waals surface area contributed by atoms with Gasteiger partial charge in [0.25, 0.3) is 0 Å². The van der Waals surface area contributed by atoms with Crippen molar-refractivity contribution < 1.29 is 0 Å². The van der Waals surface area contributed by atoms with Crippen molar-refractivity contribution in [1.29, 1.82) is 0 Å². The highest BCUT2D eigenvalue weighted by Crippen LogP contribution is 2.24. The van der Waals surface area contributed by atoms with Crippen LogP contribution in [0, 0.1) is 0 Å². The molecule has 0 aliphatic rings. The molecule has 2 aromatic rings. The van der Waals surface area contributed by atoms with Crippen molar-refractivity contribution in [3.63, 3.8) is 0 Å². The number of nitrogens with one attached hydrogen (secondary N) is 1. The van der Waals surface area contributed by atoms with Crippen molar-refractivity contribution in [3.8, 4) is 10.7 Å². The number of hydrogen-bond donors (Lipinski definition) is 1. The molecule has 0 aromatic carbocycles.